The van der Waals surface area contributed by atoms with Crippen LogP contribution in [-0.4, -0.2) is 27.7 Å². The molecule has 1 N–H and O–H groups in total. The Morgan fingerprint density at radius 2 is 1.91 bits per heavy atom. The molecule has 1 aromatic heterocycles. The standard InChI is InChI=1S/C17H14N2O3/c1-22-14-9-5-8-13(10-14)19-11-15(17(20)21)18-16(19)12-6-3-2-4-7-12/h2-11H,1H3,(H,20,21). The van der Waals surface area contributed by atoms with Gasteiger partial charge >= 0.3 is 5.97 Å². The number of ether oxygens (including phenoxy) is 1. The van der Waals surface area contributed by atoms with E-state index < -0.39 is 5.97 Å². The number of carboxylic acids is 1. The summed E-state index contributed by atoms with van der Waals surface area (Å²) in [7, 11) is 1.59. The minimum absolute atomic E-state index is 0.00155. The molecule has 0 saturated carbocycles. The lowest BCUT2D eigenvalue weighted by Gasteiger charge is -2.09. The molecule has 22 heavy (non-hydrogen) atoms. The van der Waals surface area contributed by atoms with Crippen molar-refractivity contribution in [3.63, 3.8) is 0 Å². The summed E-state index contributed by atoms with van der Waals surface area (Å²) in [6.45, 7) is 0. The fourth-order valence-electron chi connectivity index (χ4n) is 2.23. The monoisotopic (exact) mass is 294 g/mol. The van der Waals surface area contributed by atoms with Gasteiger partial charge < -0.3 is 9.84 Å². The van der Waals surface area contributed by atoms with E-state index in [2.05, 4.69) is 4.98 Å². The maximum absolute atomic E-state index is 11.3. The first kappa shape index (κ1) is 13.9. The first-order valence-electron chi connectivity index (χ1n) is 6.71. The Labute approximate surface area is 127 Å². The molecule has 3 aromatic rings. The largest absolute Gasteiger partial charge is 0.497 e. The van der Waals surface area contributed by atoms with E-state index in [1.807, 2.05) is 54.6 Å². The fourth-order valence-corrected chi connectivity index (χ4v) is 2.23. The van der Waals surface area contributed by atoms with E-state index in [4.69, 9.17) is 4.74 Å². The van der Waals surface area contributed by atoms with E-state index in [1.54, 1.807) is 11.7 Å². The molecule has 1 heterocycles. The number of methoxy groups -OCH3 is 1. The van der Waals surface area contributed by atoms with Crippen molar-refractivity contribution >= 4 is 5.97 Å². The summed E-state index contributed by atoms with van der Waals surface area (Å²) >= 11 is 0. The lowest BCUT2D eigenvalue weighted by molar-refractivity contribution is 0.0691. The minimum Gasteiger partial charge on any atom is -0.497 e. The third kappa shape index (κ3) is 2.56. The highest BCUT2D eigenvalue weighted by Gasteiger charge is 2.16. The lowest BCUT2D eigenvalue weighted by Crippen LogP contribution is -1.96. The van der Waals surface area contributed by atoms with Crippen LogP contribution in [0.15, 0.2) is 60.8 Å². The van der Waals surface area contributed by atoms with Crippen LogP contribution in [0.1, 0.15) is 10.5 Å². The number of hydrogen-bond donors (Lipinski definition) is 1. The number of imidazole rings is 1. The van der Waals surface area contributed by atoms with Gasteiger partial charge in [-0.25, -0.2) is 9.78 Å². The molecule has 3 rings (SSSR count). The molecule has 0 amide bonds. The Morgan fingerprint density at radius 3 is 2.59 bits per heavy atom. The predicted molar refractivity (Wildman–Crippen MR) is 82.5 cm³/mol. The molecule has 5 nitrogen and oxygen atoms in total. The fraction of sp³-hybridized carbons (Fsp3) is 0.0588. The summed E-state index contributed by atoms with van der Waals surface area (Å²) < 4.78 is 6.98. The molecule has 0 spiro atoms. The summed E-state index contributed by atoms with van der Waals surface area (Å²) in [5, 5.41) is 9.22. The van der Waals surface area contributed by atoms with Crippen LogP contribution in [0.4, 0.5) is 0 Å². The predicted octanol–water partition coefficient (Wildman–Crippen LogP) is 3.25. The van der Waals surface area contributed by atoms with E-state index in [9.17, 15) is 9.90 Å². The molecule has 0 fully saturated rings. The highest BCUT2D eigenvalue weighted by atomic mass is 16.5. The smallest absolute Gasteiger partial charge is 0.356 e. The molecule has 0 aliphatic carbocycles. The lowest BCUT2D eigenvalue weighted by atomic mass is 10.2. The van der Waals surface area contributed by atoms with Crippen molar-refractivity contribution in [1.82, 2.24) is 9.55 Å². The first-order valence-corrected chi connectivity index (χ1v) is 6.71. The molecule has 0 aliphatic heterocycles. The van der Waals surface area contributed by atoms with Crippen LogP contribution in [0.3, 0.4) is 0 Å². The van der Waals surface area contributed by atoms with Crippen LogP contribution >= 0.6 is 0 Å². The second-order valence-electron chi connectivity index (χ2n) is 4.69. The Hall–Kier alpha value is -3.08. The van der Waals surface area contributed by atoms with Crippen molar-refractivity contribution in [2.45, 2.75) is 0 Å². The summed E-state index contributed by atoms with van der Waals surface area (Å²) in [5.74, 6) is 0.215. The SMILES string of the molecule is COc1cccc(-n2cc(C(=O)O)nc2-c2ccccc2)c1. The normalized spacial score (nSPS) is 10.4. The topological polar surface area (TPSA) is 64.3 Å². The van der Waals surface area contributed by atoms with Gasteiger partial charge in [0.05, 0.1) is 12.8 Å². The van der Waals surface area contributed by atoms with Crippen LogP contribution in [0.25, 0.3) is 17.1 Å². The van der Waals surface area contributed by atoms with Gasteiger partial charge in [0, 0.05) is 17.8 Å². The van der Waals surface area contributed by atoms with Crippen LogP contribution in [0.2, 0.25) is 0 Å². The van der Waals surface area contributed by atoms with Crippen LogP contribution in [0, 0.1) is 0 Å². The number of nitrogens with zero attached hydrogens (tertiary/aromatic N) is 2. The Balaban J connectivity index is 2.19. The van der Waals surface area contributed by atoms with E-state index in [1.165, 1.54) is 6.20 Å². The van der Waals surface area contributed by atoms with Gasteiger partial charge in [0.1, 0.15) is 11.6 Å². The number of hydrogen-bond acceptors (Lipinski definition) is 3. The zero-order chi connectivity index (χ0) is 15.5. The van der Waals surface area contributed by atoms with Gasteiger partial charge in [-0.2, -0.15) is 0 Å². The quantitative estimate of drug-likeness (QED) is 0.802. The molecule has 0 atom stereocenters. The highest BCUT2D eigenvalue weighted by molar-refractivity contribution is 5.86. The Morgan fingerprint density at radius 1 is 1.14 bits per heavy atom. The first-order chi connectivity index (χ1) is 10.7. The third-order valence-corrected chi connectivity index (χ3v) is 3.29. The van der Waals surface area contributed by atoms with Gasteiger partial charge in [-0.3, -0.25) is 4.57 Å². The maximum Gasteiger partial charge on any atom is 0.356 e. The van der Waals surface area contributed by atoms with E-state index in [0.29, 0.717) is 11.6 Å². The number of carboxylic acid groups (broad SMARTS) is 1. The van der Waals surface area contributed by atoms with Gasteiger partial charge in [-0.1, -0.05) is 36.4 Å². The Bertz CT molecular complexity index is 810. The van der Waals surface area contributed by atoms with Crippen molar-refractivity contribution < 1.29 is 14.6 Å². The van der Waals surface area contributed by atoms with E-state index in [-0.39, 0.29) is 5.69 Å². The average Bonchev–Trinajstić information content (AvgIpc) is 3.01. The van der Waals surface area contributed by atoms with Crippen LogP contribution in [0.5, 0.6) is 5.75 Å². The van der Waals surface area contributed by atoms with Gasteiger partial charge in [-0.15, -0.1) is 0 Å². The Kier molecular flexibility index (Phi) is 3.62. The summed E-state index contributed by atoms with van der Waals surface area (Å²) in [6, 6.07) is 16.9. The van der Waals surface area contributed by atoms with Crippen molar-refractivity contribution in [1.29, 1.82) is 0 Å². The molecule has 5 heteroatoms. The molecule has 2 aromatic carbocycles. The summed E-state index contributed by atoms with van der Waals surface area (Å²) in [4.78, 5) is 15.5. The molecule has 0 unspecified atom stereocenters. The molecular weight excluding hydrogens is 280 g/mol. The minimum atomic E-state index is -1.06. The zero-order valence-electron chi connectivity index (χ0n) is 11.9. The van der Waals surface area contributed by atoms with Crippen molar-refractivity contribution in [2.75, 3.05) is 7.11 Å². The van der Waals surface area contributed by atoms with Crippen molar-refractivity contribution in [3.05, 3.63) is 66.5 Å². The number of aromatic nitrogens is 2. The molecule has 0 saturated heterocycles. The molecule has 0 bridgehead atoms. The molecule has 110 valence electrons. The zero-order valence-corrected chi connectivity index (χ0v) is 11.9. The van der Waals surface area contributed by atoms with E-state index >= 15 is 0 Å². The van der Waals surface area contributed by atoms with Gasteiger partial charge in [0.25, 0.3) is 0 Å². The molecular formula is C17H14N2O3. The summed E-state index contributed by atoms with van der Waals surface area (Å²) in [5.41, 5.74) is 1.64. The van der Waals surface area contributed by atoms with E-state index in [0.717, 1.165) is 11.3 Å². The highest BCUT2D eigenvalue weighted by Crippen LogP contribution is 2.25. The summed E-state index contributed by atoms with van der Waals surface area (Å²) in [6.07, 6.45) is 1.51. The molecule has 0 aliphatic rings. The third-order valence-electron chi connectivity index (χ3n) is 3.29. The van der Waals surface area contributed by atoms with Gasteiger partial charge in [0.15, 0.2) is 5.69 Å². The van der Waals surface area contributed by atoms with Crippen molar-refractivity contribution in [2.24, 2.45) is 0 Å². The number of carbonyl (C=O) groups is 1. The average molecular weight is 294 g/mol. The van der Waals surface area contributed by atoms with Crippen molar-refractivity contribution in [3.8, 4) is 22.8 Å². The second kappa shape index (κ2) is 5.73. The number of benzene rings is 2. The maximum atomic E-state index is 11.3. The van der Waals surface area contributed by atoms with Gasteiger partial charge in [-0.05, 0) is 12.1 Å². The number of rotatable bonds is 4. The number of aromatic carboxylic acids is 1. The van der Waals surface area contributed by atoms with Crippen LogP contribution < -0.4 is 4.74 Å². The molecule has 0 radical (unpaired) electrons. The van der Waals surface area contributed by atoms with Gasteiger partial charge in [0.2, 0.25) is 0 Å². The second-order valence-corrected chi connectivity index (χ2v) is 4.69. The van der Waals surface area contributed by atoms with Crippen LogP contribution in [-0.2, 0) is 0 Å².